The summed E-state index contributed by atoms with van der Waals surface area (Å²) in [5.41, 5.74) is 7.92. The lowest BCUT2D eigenvalue weighted by atomic mass is 9.98. The molecule has 0 spiro atoms. The summed E-state index contributed by atoms with van der Waals surface area (Å²) >= 11 is 0. The summed E-state index contributed by atoms with van der Waals surface area (Å²) in [5.74, 6) is 6.34. The third-order valence-corrected chi connectivity index (χ3v) is 3.49. The van der Waals surface area contributed by atoms with E-state index in [-0.39, 0.29) is 6.04 Å². The van der Waals surface area contributed by atoms with Crippen LogP contribution in [0, 0.1) is 13.8 Å². The Kier molecular flexibility index (Phi) is 5.31. The zero-order chi connectivity index (χ0) is 15.2. The molecular formula is C17H23N3O. The lowest BCUT2D eigenvalue weighted by Gasteiger charge is -2.17. The zero-order valence-electron chi connectivity index (χ0n) is 12.9. The average molecular weight is 285 g/mol. The first kappa shape index (κ1) is 15.5. The van der Waals surface area contributed by atoms with Gasteiger partial charge >= 0.3 is 0 Å². The minimum absolute atomic E-state index is 0.182. The number of nitrogens with one attached hydrogen (secondary N) is 1. The standard InChI is InChI=1S/C17H23N3O/c1-12-6-13(2)8-15(7-12)10-16(20-18)9-14-4-5-17(21-3)19-11-14/h4-8,11,16,20H,9-10,18H2,1-3H3. The minimum Gasteiger partial charge on any atom is -0.481 e. The molecule has 2 rings (SSSR count). The van der Waals surface area contributed by atoms with Crippen molar-refractivity contribution in [3.8, 4) is 5.88 Å². The Bertz CT molecular complexity index is 561. The second-order valence-electron chi connectivity index (χ2n) is 5.48. The average Bonchev–Trinajstić information content (AvgIpc) is 2.46. The van der Waals surface area contributed by atoms with E-state index in [0.29, 0.717) is 5.88 Å². The number of nitrogens with zero attached hydrogens (tertiary/aromatic N) is 1. The molecule has 0 aliphatic rings. The predicted molar refractivity (Wildman–Crippen MR) is 85.2 cm³/mol. The van der Waals surface area contributed by atoms with E-state index in [1.807, 2.05) is 18.3 Å². The number of rotatable bonds is 6. The number of methoxy groups -OCH3 is 1. The number of hydrazine groups is 1. The van der Waals surface area contributed by atoms with Crippen LogP contribution in [0.1, 0.15) is 22.3 Å². The molecule has 4 nitrogen and oxygen atoms in total. The van der Waals surface area contributed by atoms with Gasteiger partial charge in [0, 0.05) is 18.3 Å². The van der Waals surface area contributed by atoms with Gasteiger partial charge in [-0.1, -0.05) is 35.4 Å². The van der Waals surface area contributed by atoms with Gasteiger partial charge in [0.15, 0.2) is 0 Å². The van der Waals surface area contributed by atoms with Gasteiger partial charge in [-0.25, -0.2) is 4.98 Å². The smallest absolute Gasteiger partial charge is 0.212 e. The van der Waals surface area contributed by atoms with E-state index in [1.165, 1.54) is 16.7 Å². The summed E-state index contributed by atoms with van der Waals surface area (Å²) in [6.07, 6.45) is 3.57. The topological polar surface area (TPSA) is 60.2 Å². The molecule has 1 aromatic heterocycles. The first-order valence-corrected chi connectivity index (χ1v) is 7.13. The molecule has 0 amide bonds. The fourth-order valence-corrected chi connectivity index (χ4v) is 2.60. The van der Waals surface area contributed by atoms with Crippen LogP contribution in [-0.2, 0) is 12.8 Å². The van der Waals surface area contributed by atoms with E-state index < -0.39 is 0 Å². The zero-order valence-corrected chi connectivity index (χ0v) is 12.9. The van der Waals surface area contributed by atoms with Gasteiger partial charge in [-0.3, -0.25) is 11.3 Å². The number of aryl methyl sites for hydroxylation is 2. The molecule has 21 heavy (non-hydrogen) atoms. The van der Waals surface area contributed by atoms with Crippen LogP contribution < -0.4 is 16.0 Å². The molecule has 4 heteroatoms. The highest BCUT2D eigenvalue weighted by atomic mass is 16.5. The van der Waals surface area contributed by atoms with E-state index in [9.17, 15) is 0 Å². The molecule has 1 unspecified atom stereocenters. The van der Waals surface area contributed by atoms with Gasteiger partial charge < -0.3 is 4.74 Å². The Morgan fingerprint density at radius 3 is 2.29 bits per heavy atom. The Balaban J connectivity index is 2.05. The summed E-state index contributed by atoms with van der Waals surface area (Å²) < 4.78 is 5.07. The number of hydrogen-bond acceptors (Lipinski definition) is 4. The highest BCUT2D eigenvalue weighted by Gasteiger charge is 2.10. The Labute approximate surface area is 126 Å². The molecule has 0 aliphatic heterocycles. The van der Waals surface area contributed by atoms with Gasteiger partial charge in [0.25, 0.3) is 0 Å². The fourth-order valence-electron chi connectivity index (χ4n) is 2.60. The Hall–Kier alpha value is -1.91. The molecule has 0 aliphatic carbocycles. The van der Waals surface area contributed by atoms with Crippen LogP contribution in [0.2, 0.25) is 0 Å². The quantitative estimate of drug-likeness (QED) is 0.631. The summed E-state index contributed by atoms with van der Waals surface area (Å²) in [7, 11) is 1.62. The lowest BCUT2D eigenvalue weighted by Crippen LogP contribution is -2.38. The third kappa shape index (κ3) is 4.55. The van der Waals surface area contributed by atoms with E-state index in [1.54, 1.807) is 7.11 Å². The van der Waals surface area contributed by atoms with Crippen molar-refractivity contribution in [1.82, 2.24) is 10.4 Å². The normalized spacial score (nSPS) is 12.2. The van der Waals surface area contributed by atoms with Gasteiger partial charge in [-0.2, -0.15) is 0 Å². The number of benzene rings is 1. The van der Waals surface area contributed by atoms with Crippen molar-refractivity contribution in [1.29, 1.82) is 0 Å². The molecule has 0 saturated heterocycles. The van der Waals surface area contributed by atoms with E-state index in [4.69, 9.17) is 10.6 Å². The molecular weight excluding hydrogens is 262 g/mol. The van der Waals surface area contributed by atoms with Gasteiger partial charge in [0.05, 0.1) is 7.11 Å². The first-order chi connectivity index (χ1) is 10.1. The van der Waals surface area contributed by atoms with Crippen LogP contribution in [0.15, 0.2) is 36.5 Å². The Morgan fingerprint density at radius 1 is 1.10 bits per heavy atom. The lowest BCUT2D eigenvalue weighted by molar-refractivity contribution is 0.397. The molecule has 0 radical (unpaired) electrons. The van der Waals surface area contributed by atoms with Gasteiger partial charge in [-0.05, 0) is 37.8 Å². The molecule has 0 bridgehead atoms. The molecule has 1 heterocycles. The second kappa shape index (κ2) is 7.20. The van der Waals surface area contributed by atoms with Crippen LogP contribution in [0.25, 0.3) is 0 Å². The SMILES string of the molecule is COc1ccc(CC(Cc2cc(C)cc(C)c2)NN)cn1. The maximum absolute atomic E-state index is 5.71. The van der Waals surface area contributed by atoms with Crippen LogP contribution in [-0.4, -0.2) is 18.1 Å². The number of aromatic nitrogens is 1. The minimum atomic E-state index is 0.182. The molecule has 3 N–H and O–H groups in total. The third-order valence-electron chi connectivity index (χ3n) is 3.49. The number of pyridine rings is 1. The van der Waals surface area contributed by atoms with Crippen molar-refractivity contribution in [3.05, 3.63) is 58.8 Å². The van der Waals surface area contributed by atoms with Crippen molar-refractivity contribution < 1.29 is 4.74 Å². The van der Waals surface area contributed by atoms with Crippen LogP contribution in [0.5, 0.6) is 5.88 Å². The molecule has 1 aromatic carbocycles. The second-order valence-corrected chi connectivity index (χ2v) is 5.48. The maximum Gasteiger partial charge on any atom is 0.212 e. The predicted octanol–water partition coefficient (Wildman–Crippen LogP) is 2.32. The highest BCUT2D eigenvalue weighted by Crippen LogP contribution is 2.14. The van der Waals surface area contributed by atoms with Gasteiger partial charge in [-0.15, -0.1) is 0 Å². The van der Waals surface area contributed by atoms with Crippen molar-refractivity contribution in [2.24, 2.45) is 5.84 Å². The summed E-state index contributed by atoms with van der Waals surface area (Å²) in [5, 5.41) is 0. The molecule has 112 valence electrons. The van der Waals surface area contributed by atoms with E-state index >= 15 is 0 Å². The molecule has 0 fully saturated rings. The van der Waals surface area contributed by atoms with E-state index in [2.05, 4.69) is 42.5 Å². The molecule has 2 aromatic rings. The van der Waals surface area contributed by atoms with Crippen LogP contribution >= 0.6 is 0 Å². The Morgan fingerprint density at radius 2 is 1.76 bits per heavy atom. The number of hydrogen-bond donors (Lipinski definition) is 2. The van der Waals surface area contributed by atoms with Crippen molar-refractivity contribution in [2.45, 2.75) is 32.7 Å². The monoisotopic (exact) mass is 285 g/mol. The molecule has 1 atom stereocenters. The van der Waals surface area contributed by atoms with E-state index in [0.717, 1.165) is 18.4 Å². The number of ether oxygens (including phenoxy) is 1. The van der Waals surface area contributed by atoms with Gasteiger partial charge in [0.1, 0.15) is 0 Å². The summed E-state index contributed by atoms with van der Waals surface area (Å²) in [6.45, 7) is 4.24. The van der Waals surface area contributed by atoms with Crippen LogP contribution in [0.4, 0.5) is 0 Å². The highest BCUT2D eigenvalue weighted by molar-refractivity contribution is 5.29. The number of nitrogens with two attached hydrogens (primary N) is 1. The first-order valence-electron chi connectivity index (χ1n) is 7.13. The van der Waals surface area contributed by atoms with Gasteiger partial charge in [0.2, 0.25) is 5.88 Å². The largest absolute Gasteiger partial charge is 0.481 e. The van der Waals surface area contributed by atoms with Crippen molar-refractivity contribution in [3.63, 3.8) is 0 Å². The van der Waals surface area contributed by atoms with Crippen LogP contribution in [0.3, 0.4) is 0 Å². The van der Waals surface area contributed by atoms with Crippen molar-refractivity contribution in [2.75, 3.05) is 7.11 Å². The maximum atomic E-state index is 5.71. The molecule has 0 saturated carbocycles. The summed E-state index contributed by atoms with van der Waals surface area (Å²) in [4.78, 5) is 4.23. The summed E-state index contributed by atoms with van der Waals surface area (Å²) in [6, 6.07) is 10.7. The van der Waals surface area contributed by atoms with Crippen molar-refractivity contribution >= 4 is 0 Å². The fraction of sp³-hybridized carbons (Fsp3) is 0.353.